The van der Waals surface area contributed by atoms with Crippen molar-refractivity contribution in [1.82, 2.24) is 29.4 Å². The standard InChI is InChI=1S/4C20H31NO3.2C19H29NO3/c4*1-20(2,3)11-14-12-21-7-6-13-8-18(23-4)19(24-5)9-15(13)16(21)10-17(14)22;2*1-12(2)7-14-11-20-6-5-13-8-18(22-3)19(23-4)9-15(13)16(20)10-17(14)21/h4*8-9,14,16-17,22H,6-7,10-12H2,1-5H3;2*8-9,12,14,16-17,21H,5-7,10-11H2,1-4H3/i2*1D3,2D3,5D3,10D2,11D2,14D,16D,17D;2*1D3,2D3,10D2,11D2,14D,16D,17D;4D3,10D2,14D,16D,17D;10D2,14D,16D,17D. The summed E-state index contributed by atoms with van der Waals surface area (Å²) in [5.74, 6) is -16.6. The van der Waals surface area contributed by atoms with Crippen LogP contribution in [0.15, 0.2) is 72.8 Å². The molecule has 142 heavy (non-hydrogen) atoms. The van der Waals surface area contributed by atoms with Crippen LogP contribution in [0.1, 0.15) is 387 Å². The van der Waals surface area contributed by atoms with E-state index in [0.29, 0.717) is 92.3 Å². The molecule has 6 saturated heterocycles. The predicted molar refractivity (Wildman–Crippen MR) is 565 cm³/mol. The normalized spacial score (nSPS) is 47.6. The molecule has 18 rings (SSSR count). The largest absolute Gasteiger partial charge is 0.493 e. The van der Waals surface area contributed by atoms with Crippen LogP contribution in [0.5, 0.6) is 69.0 Å². The molecule has 6 aromatic rings. The van der Waals surface area contributed by atoms with Crippen LogP contribution in [-0.2, 0) is 38.5 Å². The fourth-order valence-corrected chi connectivity index (χ4v) is 18.6. The average Bonchev–Trinajstić information content (AvgIpc) is 0.659. The van der Waals surface area contributed by atoms with E-state index in [4.69, 9.17) is 147 Å². The highest BCUT2D eigenvalue weighted by atomic mass is 16.5. The second-order valence-electron chi connectivity index (χ2n) is 37.2. The van der Waals surface area contributed by atoms with Crippen molar-refractivity contribution < 1.29 is 185 Å². The monoisotopic (exact) mass is 2040 g/mol. The Morgan fingerprint density at radius 3 is 0.585 bits per heavy atom. The molecule has 24 nitrogen and oxygen atoms in total. The van der Waals surface area contributed by atoms with Gasteiger partial charge in [-0.1, -0.05) is 110 Å². The fraction of sp³-hybridized carbons (Fsp3) is 0.695. The summed E-state index contributed by atoms with van der Waals surface area (Å²) in [4.78, 5) is 7.02. The highest BCUT2D eigenvalue weighted by Gasteiger charge is 2.48. The molecule has 6 N–H and O–H groups in total. The van der Waals surface area contributed by atoms with Gasteiger partial charge in [0.2, 0.25) is 0 Å². The molecule has 792 valence electrons. The first-order chi connectivity index (χ1) is 94.9. The Bertz CT molecular complexity index is 8170. The van der Waals surface area contributed by atoms with Crippen LogP contribution in [-0.4, -0.2) is 260 Å². The Kier molecular flexibility index (Phi) is 17.2. The zero-order valence-electron chi connectivity index (χ0n) is 154. The Morgan fingerprint density at radius 1 is 0.275 bits per heavy atom. The summed E-state index contributed by atoms with van der Waals surface area (Å²) in [6.07, 6.45) is -54.0. The number of piperidine rings is 6. The van der Waals surface area contributed by atoms with Gasteiger partial charge in [-0.2, -0.15) is 0 Å². The molecule has 0 radical (unpaired) electrons. The Morgan fingerprint density at radius 2 is 0.430 bits per heavy atom. The van der Waals surface area contributed by atoms with Gasteiger partial charge in [0.1, 0.15) is 0 Å². The lowest BCUT2D eigenvalue weighted by Crippen LogP contribution is -2.48. The van der Waals surface area contributed by atoms with Crippen molar-refractivity contribution >= 4 is 0 Å². The van der Waals surface area contributed by atoms with E-state index in [1.54, 1.807) is 17.0 Å². The minimum Gasteiger partial charge on any atom is -0.493 e. The lowest BCUT2D eigenvalue weighted by Gasteiger charge is -2.47. The van der Waals surface area contributed by atoms with E-state index in [-0.39, 0.29) is 170 Å². The van der Waals surface area contributed by atoms with Gasteiger partial charge in [0, 0.05) is 183 Å². The van der Waals surface area contributed by atoms with E-state index in [2.05, 4.69) is 0 Å². The van der Waals surface area contributed by atoms with Gasteiger partial charge < -0.3 is 87.5 Å². The van der Waals surface area contributed by atoms with Crippen LogP contribution < -0.4 is 56.8 Å². The molecule has 0 amide bonds. The van der Waals surface area contributed by atoms with Gasteiger partial charge in [-0.05, 0) is 324 Å². The first-order valence-corrected chi connectivity index (χ1v) is 46.2. The van der Waals surface area contributed by atoms with Gasteiger partial charge in [0.25, 0.3) is 0 Å². The van der Waals surface area contributed by atoms with Crippen LogP contribution >= 0.6 is 0 Å². The van der Waals surface area contributed by atoms with Crippen molar-refractivity contribution in [3.05, 3.63) is 140 Å². The second-order valence-corrected chi connectivity index (χ2v) is 37.2. The zero-order chi connectivity index (χ0) is 165. The summed E-state index contributed by atoms with van der Waals surface area (Å²) < 4.78 is 654. The van der Waals surface area contributed by atoms with Gasteiger partial charge in [-0.3, -0.25) is 29.4 Å². The second kappa shape index (κ2) is 48.2. The number of rotatable bonds is 20. The van der Waals surface area contributed by atoms with Crippen LogP contribution in [0.25, 0.3) is 0 Å². The molecular weight excluding hydrogens is 1790 g/mol. The molecule has 18 atom stereocenters. The molecule has 0 bridgehead atoms. The molecule has 12 aliphatic rings. The van der Waals surface area contributed by atoms with Crippen LogP contribution in [0.3, 0.4) is 0 Å². The number of aliphatic hydroxyl groups is 6. The summed E-state index contributed by atoms with van der Waals surface area (Å²) in [6.45, 7) is -23.4. The highest BCUT2D eigenvalue weighted by Crippen LogP contribution is 2.53. The summed E-state index contributed by atoms with van der Waals surface area (Å²) in [6, 6.07) is 1.57. The van der Waals surface area contributed by atoms with E-state index >= 15 is 0 Å². The molecule has 0 aliphatic carbocycles. The van der Waals surface area contributed by atoms with Crippen molar-refractivity contribution in [2.75, 3.05) is 164 Å². The van der Waals surface area contributed by atoms with Crippen molar-refractivity contribution in [2.45, 2.75) is 298 Å². The summed E-state index contributed by atoms with van der Waals surface area (Å²) in [7, 11) is 3.47. The summed E-state index contributed by atoms with van der Waals surface area (Å²) in [5.41, 5.74) is -10.7. The lowest BCUT2D eigenvalue weighted by atomic mass is 9.75. The lowest BCUT2D eigenvalue weighted by molar-refractivity contribution is -0.0259. The van der Waals surface area contributed by atoms with E-state index in [9.17, 15) is 37.5 Å². The van der Waals surface area contributed by atoms with E-state index < -0.39 is 307 Å². The van der Waals surface area contributed by atoms with Crippen LogP contribution in [0, 0.1) is 68.9 Å². The average molecular weight is 2040 g/mol. The molecule has 6 fully saturated rings. The van der Waals surface area contributed by atoms with E-state index in [0.717, 1.165) is 37.3 Å². The molecule has 6 aromatic carbocycles. The fourth-order valence-electron chi connectivity index (χ4n) is 18.6. The molecule has 12 aliphatic heterocycles. The zero-order valence-corrected chi connectivity index (χ0v) is 83.0. The molecule has 0 spiro atoms. The number of nitrogens with zero attached hydrogens (tertiary/aromatic N) is 6. The topological polar surface area (TPSA) is 252 Å². The quantitative estimate of drug-likeness (QED) is 0.0415. The number of benzene rings is 6. The Labute approximate surface area is 952 Å². The SMILES string of the molecule is [2H]C([2H])([2H])C(C)(C([2H])([2H])[2H])C([2H])([2H])C1([2H])CN2CCc3cc(OC)c(OC)cc3C2([2H])C([2H])([2H])C1([2H])O.[2H]C([2H])([2H])C(C)(C([2H])([2H])[2H])C([2H])([2H])C1([2H])CN2CCc3cc(OC)c(OC)cc3C2([2H])C([2H])([2H])C1([2H])O.[2H]C([2H])([2H])Oc1cc2c(cc1OC)CCN1CC([2H])(C([2H])([2H])C(C)(C([2H])([2H])[2H])C([2H])([2H])[2H])C([2H])(O)C([2H])([2H])C21[2H].[2H]C([2H])([2H])Oc1cc2c(cc1OC)CCN1CC([2H])(C([2H])([2H])C(C)(C([2H])([2H])[2H])C([2H])([2H])[2H])C([2H])(O)C([2H])([2H])C21[2H].[2H]C([2H])([2H])Oc1cc2c(cc1OC)CCN1CC([2H])(CC(C)C)C([2H])(O)C([2H])([2H])C21[2H].[2H]C1(CC(C)C)CN2CCc3cc(OC)c(OC)cc3C2([2H])C([2H])([2H])C1([2H])O. The number of fused-ring (bicyclic) bond motifs is 18. The van der Waals surface area contributed by atoms with Crippen molar-refractivity contribution in [3.63, 3.8) is 0 Å². The maximum atomic E-state index is 11.4. The minimum absolute atomic E-state index is 0.00448. The molecule has 18 unspecified atom stereocenters. The van der Waals surface area contributed by atoms with Gasteiger partial charge >= 0.3 is 0 Å². The van der Waals surface area contributed by atoms with Crippen LogP contribution in [0.4, 0.5) is 0 Å². The number of methoxy groups -OCH3 is 12. The van der Waals surface area contributed by atoms with Crippen molar-refractivity contribution in [1.29, 1.82) is 0 Å². The maximum Gasteiger partial charge on any atom is 0.161 e. The molecule has 24 heteroatoms. The molecule has 12 heterocycles. The minimum atomic E-state index is -3.92. The molecular formula is C118H182N6O18. The number of hydrogen-bond donors (Lipinski definition) is 6. The maximum absolute atomic E-state index is 11.4. The van der Waals surface area contributed by atoms with Crippen molar-refractivity contribution in [3.8, 4) is 69.0 Å². The van der Waals surface area contributed by atoms with Crippen molar-refractivity contribution in [2.24, 2.45) is 68.9 Å². The Balaban J connectivity index is 0.000000204. The summed E-state index contributed by atoms with van der Waals surface area (Å²) in [5, 5.41) is 67.8. The predicted octanol–water partition coefficient (Wildman–Crippen LogP) is 19.7. The smallest absolute Gasteiger partial charge is 0.161 e. The Hall–Kier alpha value is -7.56. The van der Waals surface area contributed by atoms with E-state index in [1.165, 1.54) is 117 Å². The molecule has 0 saturated carbocycles. The molecule has 0 aromatic heterocycles. The van der Waals surface area contributed by atoms with Gasteiger partial charge in [-0.15, -0.1) is 0 Å². The number of ether oxygens (including phenoxy) is 12. The summed E-state index contributed by atoms with van der Waals surface area (Å²) >= 11 is 0. The highest BCUT2D eigenvalue weighted by molar-refractivity contribution is 5.55. The van der Waals surface area contributed by atoms with Gasteiger partial charge in [0.15, 0.2) is 69.0 Å². The van der Waals surface area contributed by atoms with Gasteiger partial charge in [0.05, 0.1) is 150 Å². The van der Waals surface area contributed by atoms with Crippen LogP contribution in [0.2, 0.25) is 0 Å². The van der Waals surface area contributed by atoms with Gasteiger partial charge in [-0.25, -0.2) is 0 Å². The third-order valence-electron chi connectivity index (χ3n) is 25.0. The third kappa shape index (κ3) is 27.1. The number of hydrogen-bond acceptors (Lipinski definition) is 24. The first-order valence-electron chi connectivity index (χ1n) is 81.7. The first kappa shape index (κ1) is 50.6. The van der Waals surface area contributed by atoms with E-state index in [1.807, 2.05) is 27.7 Å². The third-order valence-corrected chi connectivity index (χ3v) is 25.0.